The van der Waals surface area contributed by atoms with Crippen LogP contribution in [-0.4, -0.2) is 50.3 Å². The molecule has 1 aromatic carbocycles. The zero-order chi connectivity index (χ0) is 20.9. The fourth-order valence-corrected chi connectivity index (χ4v) is 7.57. The molecule has 1 aromatic rings. The highest BCUT2D eigenvalue weighted by Gasteiger charge is 2.67. The van der Waals surface area contributed by atoms with E-state index >= 15 is 0 Å². The van der Waals surface area contributed by atoms with Gasteiger partial charge in [0.25, 0.3) is 0 Å². The van der Waals surface area contributed by atoms with Crippen molar-refractivity contribution in [3.8, 4) is 0 Å². The second-order valence-electron chi connectivity index (χ2n) is 8.21. The van der Waals surface area contributed by atoms with Crippen LogP contribution < -0.4 is 5.32 Å². The van der Waals surface area contributed by atoms with Crippen molar-refractivity contribution < 1.29 is 14.4 Å². The van der Waals surface area contributed by atoms with Crippen LogP contribution in [0, 0.1) is 30.6 Å². The van der Waals surface area contributed by atoms with Crippen molar-refractivity contribution in [3.05, 3.63) is 29.8 Å². The van der Waals surface area contributed by atoms with Crippen LogP contribution in [0.5, 0.6) is 0 Å². The van der Waals surface area contributed by atoms with E-state index in [0.717, 1.165) is 12.0 Å². The average molecular weight is 544 g/mol. The first-order chi connectivity index (χ1) is 13.8. The maximum atomic E-state index is 13.3. The molecule has 2 saturated carbocycles. The number of imide groups is 1. The Kier molecular flexibility index (Phi) is 6.15. The van der Waals surface area contributed by atoms with Crippen LogP contribution in [0.15, 0.2) is 24.3 Å². The van der Waals surface area contributed by atoms with Gasteiger partial charge < -0.3 is 5.32 Å². The van der Waals surface area contributed by atoms with Gasteiger partial charge in [0.05, 0.1) is 11.8 Å². The van der Waals surface area contributed by atoms with Gasteiger partial charge in [-0.15, -0.1) is 0 Å². The highest BCUT2D eigenvalue weighted by molar-refractivity contribution is 9.12. The van der Waals surface area contributed by atoms with Crippen LogP contribution in [0.1, 0.15) is 18.4 Å². The molecule has 8 heteroatoms. The van der Waals surface area contributed by atoms with Crippen LogP contribution in [0.4, 0.5) is 5.69 Å². The molecule has 4 rings (SSSR count). The summed E-state index contributed by atoms with van der Waals surface area (Å²) in [6.07, 6.45) is 3.31. The Morgan fingerprint density at radius 2 is 1.83 bits per heavy atom. The predicted octanol–water partition coefficient (Wildman–Crippen LogP) is 3.83. The minimum atomic E-state index is -0.768. The molecule has 1 N–H and O–H groups in total. The molecule has 3 amide bonds. The highest BCUT2D eigenvalue weighted by Crippen LogP contribution is 2.60. The zero-order valence-electron chi connectivity index (χ0n) is 16.3. The fourth-order valence-electron chi connectivity index (χ4n) is 5.23. The molecule has 3 aliphatic rings. The standard InChI is InChI=1S/C21H24Br2N2O3S/c1-10-4-3-5-11(8-10)24-19(26)14(6-7-29-2)25-20(27)15-12-9-13(16(15)21(25)28)18(23)17(12)22/h3-5,8,12-18H,6-7,9H2,1-2H3,(H,24,26)/t12-,13-,14-,15-,16-,17+,18+/m1/s1. The number of hydrogen-bond donors (Lipinski definition) is 1. The van der Waals surface area contributed by atoms with Crippen molar-refractivity contribution in [3.63, 3.8) is 0 Å². The van der Waals surface area contributed by atoms with Crippen molar-refractivity contribution in [2.75, 3.05) is 17.3 Å². The number of carbonyl (C=O) groups is 3. The predicted molar refractivity (Wildman–Crippen MR) is 122 cm³/mol. The van der Waals surface area contributed by atoms with Crippen LogP contribution in [0.25, 0.3) is 0 Å². The second-order valence-corrected chi connectivity index (χ2v) is 11.3. The van der Waals surface area contributed by atoms with Gasteiger partial charge in [-0.2, -0.15) is 11.8 Å². The molecule has 1 saturated heterocycles. The minimum absolute atomic E-state index is 0.150. The van der Waals surface area contributed by atoms with Crippen LogP contribution in [-0.2, 0) is 14.4 Å². The van der Waals surface area contributed by atoms with Gasteiger partial charge in [0.15, 0.2) is 0 Å². The molecule has 2 aliphatic carbocycles. The largest absolute Gasteiger partial charge is 0.324 e. The number of amides is 3. The summed E-state index contributed by atoms with van der Waals surface area (Å²) < 4.78 is 0. The number of nitrogens with one attached hydrogen (secondary N) is 1. The molecule has 2 bridgehead atoms. The molecule has 0 spiro atoms. The van der Waals surface area contributed by atoms with Crippen molar-refractivity contribution in [2.45, 2.75) is 35.5 Å². The van der Waals surface area contributed by atoms with Crippen LogP contribution in [0.2, 0.25) is 0 Å². The van der Waals surface area contributed by atoms with Crippen LogP contribution >= 0.6 is 43.6 Å². The number of aryl methyl sites for hydroxylation is 1. The summed E-state index contributed by atoms with van der Waals surface area (Å²) in [5.74, 6) is -0.210. The number of carbonyl (C=O) groups excluding carboxylic acids is 3. The number of thioether (sulfide) groups is 1. The number of fused-ring (bicyclic) bond motifs is 5. The Morgan fingerprint density at radius 1 is 1.21 bits per heavy atom. The smallest absolute Gasteiger partial charge is 0.247 e. The van der Waals surface area contributed by atoms with E-state index in [1.807, 2.05) is 37.4 Å². The van der Waals surface area contributed by atoms with Crippen molar-refractivity contribution >= 4 is 67.0 Å². The monoisotopic (exact) mass is 542 g/mol. The molecule has 3 fully saturated rings. The lowest BCUT2D eigenvalue weighted by Crippen LogP contribution is -2.48. The Hall–Kier alpha value is -0.860. The van der Waals surface area contributed by atoms with E-state index in [-0.39, 0.29) is 51.0 Å². The Labute approximate surface area is 192 Å². The molecule has 0 aromatic heterocycles. The van der Waals surface area contributed by atoms with Gasteiger partial charge in [0, 0.05) is 15.3 Å². The molecule has 5 nitrogen and oxygen atoms in total. The van der Waals surface area contributed by atoms with E-state index in [0.29, 0.717) is 17.9 Å². The lowest BCUT2D eigenvalue weighted by molar-refractivity contribution is -0.147. The third-order valence-electron chi connectivity index (χ3n) is 6.52. The molecule has 0 radical (unpaired) electrons. The van der Waals surface area contributed by atoms with Gasteiger partial charge in [-0.3, -0.25) is 19.3 Å². The molecular formula is C21H24Br2N2O3S. The minimum Gasteiger partial charge on any atom is -0.324 e. The first-order valence-corrected chi connectivity index (χ1v) is 13.1. The molecule has 7 atom stereocenters. The maximum absolute atomic E-state index is 13.3. The molecule has 1 heterocycles. The first-order valence-electron chi connectivity index (χ1n) is 9.86. The second kappa shape index (κ2) is 8.35. The summed E-state index contributed by atoms with van der Waals surface area (Å²) >= 11 is 9.03. The molecule has 29 heavy (non-hydrogen) atoms. The number of hydrogen-bond acceptors (Lipinski definition) is 4. The number of anilines is 1. The van der Waals surface area contributed by atoms with Gasteiger partial charge in [-0.05, 0) is 61.3 Å². The lowest BCUT2D eigenvalue weighted by atomic mass is 9.81. The normalized spacial score (nSPS) is 33.9. The number of halogens is 2. The van der Waals surface area contributed by atoms with E-state index in [2.05, 4.69) is 37.2 Å². The molecular weight excluding hydrogens is 520 g/mol. The van der Waals surface area contributed by atoms with E-state index in [1.54, 1.807) is 11.8 Å². The number of benzene rings is 1. The Balaban J connectivity index is 1.59. The van der Waals surface area contributed by atoms with E-state index in [9.17, 15) is 14.4 Å². The van der Waals surface area contributed by atoms with Gasteiger partial charge in [-0.25, -0.2) is 0 Å². The van der Waals surface area contributed by atoms with Gasteiger partial charge in [0.1, 0.15) is 6.04 Å². The number of alkyl halides is 2. The highest BCUT2D eigenvalue weighted by atomic mass is 79.9. The Bertz CT molecular complexity index is 819. The summed E-state index contributed by atoms with van der Waals surface area (Å²) in [5, 5.41) is 2.92. The lowest BCUT2D eigenvalue weighted by Gasteiger charge is -2.28. The molecule has 156 valence electrons. The first kappa shape index (κ1) is 21.4. The summed E-state index contributed by atoms with van der Waals surface area (Å²) in [7, 11) is 0. The number of rotatable bonds is 6. The third kappa shape index (κ3) is 3.59. The average Bonchev–Trinajstić information content (AvgIpc) is 3.28. The zero-order valence-corrected chi connectivity index (χ0v) is 20.3. The summed E-state index contributed by atoms with van der Waals surface area (Å²) in [6.45, 7) is 1.96. The summed E-state index contributed by atoms with van der Waals surface area (Å²) in [5.41, 5.74) is 1.72. The number of likely N-dealkylation sites (tertiary alicyclic amines) is 1. The third-order valence-corrected chi connectivity index (χ3v) is 10.4. The maximum Gasteiger partial charge on any atom is 0.247 e. The van der Waals surface area contributed by atoms with Crippen molar-refractivity contribution in [2.24, 2.45) is 23.7 Å². The van der Waals surface area contributed by atoms with Crippen LogP contribution in [0.3, 0.4) is 0 Å². The van der Waals surface area contributed by atoms with Crippen molar-refractivity contribution in [1.29, 1.82) is 0 Å². The van der Waals surface area contributed by atoms with E-state index in [4.69, 9.17) is 0 Å². The fraction of sp³-hybridized carbons (Fsp3) is 0.571. The van der Waals surface area contributed by atoms with Crippen molar-refractivity contribution in [1.82, 2.24) is 4.90 Å². The number of nitrogens with zero attached hydrogens (tertiary/aromatic N) is 1. The molecule has 1 aliphatic heterocycles. The van der Waals surface area contributed by atoms with Gasteiger partial charge >= 0.3 is 0 Å². The topological polar surface area (TPSA) is 66.5 Å². The summed E-state index contributed by atoms with van der Waals surface area (Å²) in [6, 6.07) is 6.78. The van der Waals surface area contributed by atoms with E-state index < -0.39 is 6.04 Å². The quantitative estimate of drug-likeness (QED) is 0.437. The van der Waals surface area contributed by atoms with E-state index in [1.165, 1.54) is 4.90 Å². The Morgan fingerprint density at radius 3 is 2.38 bits per heavy atom. The molecule has 0 unspecified atom stereocenters. The summed E-state index contributed by atoms with van der Waals surface area (Å²) in [4.78, 5) is 41.5. The van der Waals surface area contributed by atoms with Gasteiger partial charge in [0.2, 0.25) is 17.7 Å². The van der Waals surface area contributed by atoms with Gasteiger partial charge in [-0.1, -0.05) is 44.0 Å². The SMILES string of the molecule is CSCC[C@H](C(=O)Nc1cccc(C)c1)N1C(=O)[C@@H]2[C@H]3C[C@@H]([C@H](Br)[C@H]3Br)[C@H]2C1=O.